The largest absolute Gasteiger partial charge is 0.489 e. The van der Waals surface area contributed by atoms with Crippen LogP contribution >= 0.6 is 0 Å². The van der Waals surface area contributed by atoms with Crippen molar-refractivity contribution < 1.29 is 14.3 Å². The minimum absolute atomic E-state index is 0.00275. The van der Waals surface area contributed by atoms with E-state index in [4.69, 9.17) is 14.6 Å². The van der Waals surface area contributed by atoms with Gasteiger partial charge in [-0.15, -0.1) is 0 Å². The molecule has 1 saturated heterocycles. The Morgan fingerprint density at radius 1 is 1.13 bits per heavy atom. The molecule has 7 heteroatoms. The molecule has 7 nitrogen and oxygen atoms in total. The first-order valence-corrected chi connectivity index (χ1v) is 13.0. The van der Waals surface area contributed by atoms with Crippen LogP contribution in [-0.4, -0.2) is 34.9 Å². The number of hydrogen-bond donors (Lipinski definition) is 1. The predicted molar refractivity (Wildman–Crippen MR) is 150 cm³/mol. The van der Waals surface area contributed by atoms with Crippen molar-refractivity contribution in [3.63, 3.8) is 0 Å². The molecule has 0 saturated carbocycles. The average Bonchev–Trinajstić information content (AvgIpc) is 3.65. The molecule has 0 aliphatic carbocycles. The lowest BCUT2D eigenvalue weighted by Crippen LogP contribution is -2.32. The second-order valence-corrected chi connectivity index (χ2v) is 9.53. The van der Waals surface area contributed by atoms with Crippen LogP contribution in [0.1, 0.15) is 29.5 Å². The second kappa shape index (κ2) is 12.2. The molecular weight excluding hydrogens is 488 g/mol. The molecule has 1 atom stereocenters. The van der Waals surface area contributed by atoms with Crippen LogP contribution in [-0.2, 0) is 16.1 Å². The SMILES string of the molecule is Cc1ccc(COc2ccc(-c3nn(-c4ccccc4)cc3/C=C(/C#N)C(=O)NCC3CCCO3)cc2)cc1. The summed E-state index contributed by atoms with van der Waals surface area (Å²) in [5.41, 5.74) is 5.36. The number of nitrogens with one attached hydrogen (secondary N) is 1. The van der Waals surface area contributed by atoms with E-state index >= 15 is 0 Å². The third-order valence-corrected chi connectivity index (χ3v) is 6.60. The fraction of sp³-hybridized carbons (Fsp3) is 0.219. The summed E-state index contributed by atoms with van der Waals surface area (Å²) < 4.78 is 13.3. The number of aryl methyl sites for hydroxylation is 1. The zero-order valence-electron chi connectivity index (χ0n) is 21.8. The minimum atomic E-state index is -0.425. The normalized spacial score (nSPS) is 15.1. The Morgan fingerprint density at radius 3 is 2.59 bits per heavy atom. The zero-order valence-corrected chi connectivity index (χ0v) is 21.8. The molecule has 4 aromatic rings. The number of aromatic nitrogens is 2. The van der Waals surface area contributed by atoms with Gasteiger partial charge in [-0.05, 0) is 67.8 Å². The number of nitrogens with zero attached hydrogens (tertiary/aromatic N) is 3. The summed E-state index contributed by atoms with van der Waals surface area (Å²) in [5, 5.41) is 17.4. The fourth-order valence-electron chi connectivity index (χ4n) is 4.40. The van der Waals surface area contributed by atoms with Gasteiger partial charge >= 0.3 is 0 Å². The molecule has 1 aliphatic rings. The Balaban J connectivity index is 1.39. The smallest absolute Gasteiger partial charge is 0.262 e. The molecule has 0 radical (unpaired) electrons. The quantitative estimate of drug-likeness (QED) is 0.229. The lowest BCUT2D eigenvalue weighted by molar-refractivity contribution is -0.117. The molecule has 196 valence electrons. The number of ether oxygens (including phenoxy) is 2. The molecule has 0 bridgehead atoms. The van der Waals surface area contributed by atoms with Gasteiger partial charge in [0.15, 0.2) is 0 Å². The van der Waals surface area contributed by atoms with E-state index in [0.29, 0.717) is 31.0 Å². The highest BCUT2D eigenvalue weighted by atomic mass is 16.5. The molecule has 1 unspecified atom stereocenters. The lowest BCUT2D eigenvalue weighted by Gasteiger charge is -2.10. The van der Waals surface area contributed by atoms with Crippen molar-refractivity contribution >= 4 is 12.0 Å². The van der Waals surface area contributed by atoms with E-state index in [1.807, 2.05) is 66.9 Å². The number of hydrogen-bond acceptors (Lipinski definition) is 5. The zero-order chi connectivity index (χ0) is 27.0. The van der Waals surface area contributed by atoms with E-state index in [0.717, 1.165) is 35.4 Å². The molecule has 1 amide bonds. The monoisotopic (exact) mass is 518 g/mol. The van der Waals surface area contributed by atoms with Gasteiger partial charge in [0.2, 0.25) is 0 Å². The average molecular weight is 519 g/mol. The van der Waals surface area contributed by atoms with Crippen molar-refractivity contribution in [2.45, 2.75) is 32.5 Å². The van der Waals surface area contributed by atoms with E-state index in [9.17, 15) is 10.1 Å². The van der Waals surface area contributed by atoms with Crippen molar-refractivity contribution in [3.05, 3.63) is 107 Å². The fourth-order valence-corrected chi connectivity index (χ4v) is 4.40. The molecular formula is C32H30N4O3. The highest BCUT2D eigenvalue weighted by Crippen LogP contribution is 2.28. The first-order chi connectivity index (χ1) is 19.1. The molecule has 39 heavy (non-hydrogen) atoms. The van der Waals surface area contributed by atoms with Gasteiger partial charge in [0, 0.05) is 30.5 Å². The maximum atomic E-state index is 12.8. The number of carbonyl (C=O) groups excluding carboxylic acids is 1. The van der Waals surface area contributed by atoms with Gasteiger partial charge in [0.25, 0.3) is 5.91 Å². The first kappa shape index (κ1) is 26.0. The van der Waals surface area contributed by atoms with E-state index in [1.165, 1.54) is 5.56 Å². The van der Waals surface area contributed by atoms with Crippen molar-refractivity contribution in [2.24, 2.45) is 0 Å². The summed E-state index contributed by atoms with van der Waals surface area (Å²) in [7, 11) is 0. The van der Waals surface area contributed by atoms with Crippen LogP contribution in [0.25, 0.3) is 23.0 Å². The Labute approximate surface area is 228 Å². The second-order valence-electron chi connectivity index (χ2n) is 9.53. The molecule has 1 N–H and O–H groups in total. The van der Waals surface area contributed by atoms with Crippen LogP contribution in [0.3, 0.4) is 0 Å². The van der Waals surface area contributed by atoms with E-state index < -0.39 is 5.91 Å². The number of benzene rings is 3. The van der Waals surface area contributed by atoms with Gasteiger partial charge in [-0.2, -0.15) is 10.4 Å². The Hall–Kier alpha value is -4.67. The number of carbonyl (C=O) groups is 1. The van der Waals surface area contributed by atoms with Crippen molar-refractivity contribution in [1.29, 1.82) is 5.26 Å². The van der Waals surface area contributed by atoms with Gasteiger partial charge in [-0.1, -0.05) is 48.0 Å². The van der Waals surface area contributed by atoms with E-state index in [1.54, 1.807) is 10.8 Å². The molecule has 5 rings (SSSR count). The predicted octanol–water partition coefficient (Wildman–Crippen LogP) is 5.63. The summed E-state index contributed by atoms with van der Waals surface area (Å²) in [6.07, 6.45) is 5.31. The number of amides is 1. The van der Waals surface area contributed by atoms with Crippen LogP contribution < -0.4 is 10.1 Å². The lowest BCUT2D eigenvalue weighted by atomic mass is 10.1. The first-order valence-electron chi connectivity index (χ1n) is 13.0. The van der Waals surface area contributed by atoms with E-state index in [-0.39, 0.29) is 11.7 Å². The van der Waals surface area contributed by atoms with Crippen molar-refractivity contribution in [2.75, 3.05) is 13.2 Å². The standard InChI is InChI=1S/C32H30N4O3/c1-23-9-11-24(12-10-23)22-39-29-15-13-25(14-16-29)31-27(21-36(35-31)28-6-3-2-4-7-28)18-26(19-33)32(37)34-20-30-8-5-17-38-30/h2-4,6-7,9-16,18,21,30H,5,8,17,20,22H2,1H3,(H,34,37)/b26-18-. The van der Waals surface area contributed by atoms with E-state index in [2.05, 4.69) is 36.5 Å². The van der Waals surface area contributed by atoms with Crippen LogP contribution in [0.5, 0.6) is 5.75 Å². The Morgan fingerprint density at radius 2 is 1.90 bits per heavy atom. The molecule has 1 aromatic heterocycles. The summed E-state index contributed by atoms with van der Waals surface area (Å²) in [4.78, 5) is 12.8. The molecule has 1 fully saturated rings. The highest BCUT2D eigenvalue weighted by molar-refractivity contribution is 6.02. The maximum Gasteiger partial charge on any atom is 0.262 e. The summed E-state index contributed by atoms with van der Waals surface area (Å²) in [6.45, 7) is 3.63. The van der Waals surface area contributed by atoms with Gasteiger partial charge in [0.05, 0.1) is 17.5 Å². The van der Waals surface area contributed by atoms with Crippen molar-refractivity contribution in [3.8, 4) is 28.8 Å². The van der Waals surface area contributed by atoms with Gasteiger partial charge in [0.1, 0.15) is 24.0 Å². The third-order valence-electron chi connectivity index (χ3n) is 6.60. The molecule has 3 aromatic carbocycles. The number of para-hydroxylation sites is 1. The summed E-state index contributed by atoms with van der Waals surface area (Å²) in [5.74, 6) is 0.316. The number of nitriles is 1. The highest BCUT2D eigenvalue weighted by Gasteiger charge is 2.19. The third kappa shape index (κ3) is 6.61. The van der Waals surface area contributed by atoms with Crippen LogP contribution in [0.4, 0.5) is 0 Å². The molecule has 2 heterocycles. The van der Waals surface area contributed by atoms with Gasteiger partial charge < -0.3 is 14.8 Å². The number of rotatable bonds is 9. The van der Waals surface area contributed by atoms with Crippen molar-refractivity contribution in [1.82, 2.24) is 15.1 Å². The van der Waals surface area contributed by atoms with Gasteiger partial charge in [-0.3, -0.25) is 4.79 Å². The van der Waals surface area contributed by atoms with Gasteiger partial charge in [-0.25, -0.2) is 4.68 Å². The molecule has 1 aliphatic heterocycles. The van der Waals surface area contributed by atoms with Crippen LogP contribution in [0.2, 0.25) is 0 Å². The van der Waals surface area contributed by atoms with Crippen LogP contribution in [0, 0.1) is 18.3 Å². The molecule has 0 spiro atoms. The topological polar surface area (TPSA) is 89.2 Å². The Kier molecular flexibility index (Phi) is 8.15. The summed E-state index contributed by atoms with van der Waals surface area (Å²) in [6, 6.07) is 27.7. The summed E-state index contributed by atoms with van der Waals surface area (Å²) >= 11 is 0. The Bertz CT molecular complexity index is 1480. The maximum absolute atomic E-state index is 12.8. The van der Waals surface area contributed by atoms with Crippen LogP contribution in [0.15, 0.2) is 90.6 Å². The minimum Gasteiger partial charge on any atom is -0.489 e.